The van der Waals surface area contributed by atoms with Crippen LogP contribution in [0, 0.1) is 11.3 Å². The van der Waals surface area contributed by atoms with Gasteiger partial charge in [0, 0.05) is 30.4 Å². The van der Waals surface area contributed by atoms with Gasteiger partial charge in [0.2, 0.25) is 0 Å². The van der Waals surface area contributed by atoms with E-state index in [9.17, 15) is 23.2 Å². The van der Waals surface area contributed by atoms with Crippen molar-refractivity contribution in [2.75, 3.05) is 0 Å². The fraction of sp³-hybridized carbons (Fsp3) is 0.318. The Bertz CT molecular complexity index is 1450. The van der Waals surface area contributed by atoms with Gasteiger partial charge in [0.05, 0.1) is 6.04 Å². The number of aromatic amines is 1. The van der Waals surface area contributed by atoms with E-state index in [2.05, 4.69) is 30.0 Å². The summed E-state index contributed by atoms with van der Waals surface area (Å²) in [6.07, 6.45) is 1.48. The molecule has 0 spiro atoms. The lowest BCUT2D eigenvalue weighted by Gasteiger charge is -2.34. The normalized spacial score (nSPS) is 18.9. The van der Waals surface area contributed by atoms with Gasteiger partial charge in [-0.05, 0) is 37.5 Å². The summed E-state index contributed by atoms with van der Waals surface area (Å²) in [5.41, 5.74) is -1.02. The predicted octanol–water partition coefficient (Wildman–Crippen LogP) is 3.47. The summed E-state index contributed by atoms with van der Waals surface area (Å²) in [6, 6.07) is 5.17. The zero-order valence-electron chi connectivity index (χ0n) is 17.8. The highest BCUT2D eigenvalue weighted by atomic mass is 19.4. The number of rotatable bonds is 4. The molecular weight excluding hydrogens is 449 g/mol. The molecule has 9 nitrogen and oxygen atoms in total. The van der Waals surface area contributed by atoms with Crippen LogP contribution in [0.25, 0.3) is 11.0 Å². The molecule has 1 unspecified atom stereocenters. The molecule has 4 aromatic rings. The second kappa shape index (κ2) is 8.02. The predicted molar refractivity (Wildman–Crippen MR) is 113 cm³/mol. The third-order valence-corrected chi connectivity index (χ3v) is 6.16. The van der Waals surface area contributed by atoms with E-state index in [0.29, 0.717) is 17.2 Å². The van der Waals surface area contributed by atoms with Crippen LogP contribution in [0.1, 0.15) is 66.2 Å². The molecule has 1 aliphatic carbocycles. The molecule has 4 heterocycles. The first-order valence-electron chi connectivity index (χ1n) is 10.5. The number of nitrogens with zero attached hydrogens (tertiary/aromatic N) is 7. The van der Waals surface area contributed by atoms with Crippen LogP contribution >= 0.6 is 0 Å². The molecule has 0 saturated heterocycles. The second-order valence-electron chi connectivity index (χ2n) is 8.10. The summed E-state index contributed by atoms with van der Waals surface area (Å²) >= 11 is 0. The van der Waals surface area contributed by atoms with Crippen LogP contribution in [-0.4, -0.2) is 34.7 Å². The standard InChI is InChI=1S/C22H17F3N8O/c1-11(12-3-6-16(29-10-12)22(23,24)25)33-20-17(15(9-26)32-33)21(34)31-19(30-20)14-5-4-13(14)18-27-7-2-8-28-18/h2-3,6-8,10-11,13-14H,4-5H2,1H3,(H,30,31,34)/t11?,13-,14-/m1/s1. The number of alkyl halides is 3. The highest BCUT2D eigenvalue weighted by Crippen LogP contribution is 2.46. The van der Waals surface area contributed by atoms with Gasteiger partial charge in [-0.15, -0.1) is 0 Å². The summed E-state index contributed by atoms with van der Waals surface area (Å²) in [6.45, 7) is 1.68. The van der Waals surface area contributed by atoms with Crippen molar-refractivity contribution in [1.29, 1.82) is 5.26 Å². The summed E-state index contributed by atoms with van der Waals surface area (Å²) in [7, 11) is 0. The molecule has 1 fully saturated rings. The molecule has 172 valence electrons. The number of hydrogen-bond donors (Lipinski definition) is 1. The number of halogens is 3. The Hall–Kier alpha value is -4.14. The summed E-state index contributed by atoms with van der Waals surface area (Å²) < 4.78 is 40.0. The summed E-state index contributed by atoms with van der Waals surface area (Å²) in [5.74, 6) is 0.975. The summed E-state index contributed by atoms with van der Waals surface area (Å²) in [4.78, 5) is 32.5. The zero-order valence-corrected chi connectivity index (χ0v) is 17.8. The minimum Gasteiger partial charge on any atom is -0.310 e. The van der Waals surface area contributed by atoms with Crippen molar-refractivity contribution in [2.24, 2.45) is 0 Å². The van der Waals surface area contributed by atoms with Crippen molar-refractivity contribution in [3.8, 4) is 6.07 Å². The largest absolute Gasteiger partial charge is 0.433 e. The Labute approximate surface area is 190 Å². The molecule has 1 aliphatic rings. The van der Waals surface area contributed by atoms with Crippen LogP contribution < -0.4 is 5.56 Å². The lowest BCUT2D eigenvalue weighted by Crippen LogP contribution is -2.28. The second-order valence-corrected chi connectivity index (χ2v) is 8.10. The highest BCUT2D eigenvalue weighted by Gasteiger charge is 2.38. The van der Waals surface area contributed by atoms with Crippen molar-refractivity contribution in [3.05, 3.63) is 75.7 Å². The number of fused-ring (bicyclic) bond motifs is 1. The fourth-order valence-corrected chi connectivity index (χ4v) is 4.19. The molecule has 5 rings (SSSR count). The van der Waals surface area contributed by atoms with Crippen molar-refractivity contribution >= 4 is 11.0 Å². The molecule has 0 bridgehead atoms. The Kier molecular flexibility index (Phi) is 5.11. The van der Waals surface area contributed by atoms with E-state index in [0.717, 1.165) is 25.1 Å². The van der Waals surface area contributed by atoms with Gasteiger partial charge in [0.1, 0.15) is 28.8 Å². The summed E-state index contributed by atoms with van der Waals surface area (Å²) in [5, 5.41) is 13.8. The monoisotopic (exact) mass is 466 g/mol. The van der Waals surface area contributed by atoms with Crippen molar-refractivity contribution < 1.29 is 13.2 Å². The maximum Gasteiger partial charge on any atom is 0.433 e. The van der Waals surface area contributed by atoms with Crippen LogP contribution in [-0.2, 0) is 6.18 Å². The van der Waals surface area contributed by atoms with Gasteiger partial charge in [-0.3, -0.25) is 9.78 Å². The molecule has 1 saturated carbocycles. The molecule has 4 aromatic heterocycles. The number of hydrogen-bond acceptors (Lipinski definition) is 7. The van der Waals surface area contributed by atoms with E-state index in [4.69, 9.17) is 0 Å². The van der Waals surface area contributed by atoms with Crippen LogP contribution in [0.15, 0.2) is 41.6 Å². The quantitative estimate of drug-likeness (QED) is 0.488. The maximum absolute atomic E-state index is 12.9. The number of nitriles is 1. The lowest BCUT2D eigenvalue weighted by molar-refractivity contribution is -0.141. The third-order valence-electron chi connectivity index (χ3n) is 6.16. The van der Waals surface area contributed by atoms with Gasteiger partial charge in [-0.25, -0.2) is 19.6 Å². The lowest BCUT2D eigenvalue weighted by atomic mass is 9.72. The van der Waals surface area contributed by atoms with Gasteiger partial charge in [0.15, 0.2) is 11.3 Å². The van der Waals surface area contributed by atoms with Crippen LogP contribution in [0.2, 0.25) is 0 Å². The van der Waals surface area contributed by atoms with Gasteiger partial charge in [-0.2, -0.15) is 23.5 Å². The van der Waals surface area contributed by atoms with E-state index in [1.54, 1.807) is 25.4 Å². The van der Waals surface area contributed by atoms with Gasteiger partial charge in [-0.1, -0.05) is 6.07 Å². The van der Waals surface area contributed by atoms with E-state index >= 15 is 0 Å². The molecule has 0 aliphatic heterocycles. The first-order chi connectivity index (χ1) is 16.3. The van der Waals surface area contributed by atoms with Crippen molar-refractivity contribution in [1.82, 2.24) is 34.7 Å². The number of pyridine rings is 1. The minimum atomic E-state index is -4.56. The number of nitrogens with one attached hydrogen (secondary N) is 1. The number of H-pyrrole nitrogens is 1. The molecule has 12 heteroatoms. The Morgan fingerprint density at radius 1 is 1.18 bits per heavy atom. The van der Waals surface area contributed by atoms with E-state index in [1.807, 2.05) is 6.07 Å². The maximum atomic E-state index is 12.9. The number of aromatic nitrogens is 7. The SMILES string of the molecule is CC(c1ccc(C(F)(F)F)nc1)n1nc(C#N)c2c(=O)[nH]c([C@@H]3CC[C@H]3c3ncccn3)nc21. The Balaban J connectivity index is 1.57. The Morgan fingerprint density at radius 3 is 2.50 bits per heavy atom. The average Bonchev–Trinajstić information content (AvgIpc) is 3.17. The highest BCUT2D eigenvalue weighted by molar-refractivity contribution is 5.80. The first-order valence-corrected chi connectivity index (χ1v) is 10.5. The van der Waals surface area contributed by atoms with E-state index in [1.165, 1.54) is 10.7 Å². The van der Waals surface area contributed by atoms with Gasteiger partial charge in [0.25, 0.3) is 5.56 Å². The van der Waals surface area contributed by atoms with Gasteiger partial charge >= 0.3 is 6.18 Å². The third kappa shape index (κ3) is 3.59. The van der Waals surface area contributed by atoms with E-state index < -0.39 is 23.5 Å². The molecule has 0 radical (unpaired) electrons. The zero-order chi connectivity index (χ0) is 24.0. The fourth-order valence-electron chi connectivity index (χ4n) is 4.19. The molecule has 3 atom stereocenters. The minimum absolute atomic E-state index is 0.00912. The molecule has 0 aromatic carbocycles. The van der Waals surface area contributed by atoms with Crippen LogP contribution in [0.4, 0.5) is 13.2 Å². The topological polar surface area (TPSA) is 126 Å². The molecule has 0 amide bonds. The average molecular weight is 466 g/mol. The van der Waals surface area contributed by atoms with Crippen molar-refractivity contribution in [3.63, 3.8) is 0 Å². The molecular formula is C22H17F3N8O. The van der Waals surface area contributed by atoms with Crippen LogP contribution in [0.5, 0.6) is 0 Å². The Morgan fingerprint density at radius 2 is 1.91 bits per heavy atom. The molecule has 1 N–H and O–H groups in total. The smallest absolute Gasteiger partial charge is 0.310 e. The molecule has 34 heavy (non-hydrogen) atoms. The van der Waals surface area contributed by atoms with E-state index in [-0.39, 0.29) is 28.6 Å². The first kappa shape index (κ1) is 21.7. The van der Waals surface area contributed by atoms with Crippen molar-refractivity contribution in [2.45, 2.75) is 43.8 Å². The van der Waals surface area contributed by atoms with Crippen LogP contribution in [0.3, 0.4) is 0 Å². The van der Waals surface area contributed by atoms with Gasteiger partial charge < -0.3 is 4.98 Å².